The lowest BCUT2D eigenvalue weighted by atomic mass is 10.1. The Hall–Kier alpha value is -0.680. The Morgan fingerprint density at radius 1 is 1.53 bits per heavy atom. The van der Waals surface area contributed by atoms with Crippen molar-refractivity contribution in [1.29, 1.82) is 0 Å². The minimum Gasteiger partial charge on any atom is -0.377 e. The van der Waals surface area contributed by atoms with Crippen molar-refractivity contribution in [2.45, 2.75) is 26.9 Å². The van der Waals surface area contributed by atoms with Crippen LogP contribution in [-0.2, 0) is 17.8 Å². The summed E-state index contributed by atoms with van der Waals surface area (Å²) in [6, 6.07) is 0. The fraction of sp³-hybridized carbons (Fsp3) is 0.600. The third-order valence-electron chi connectivity index (χ3n) is 1.86. The van der Waals surface area contributed by atoms with Gasteiger partial charge in [-0.05, 0) is 28.3 Å². The number of halogens is 1. The average molecular weight is 275 g/mol. The van der Waals surface area contributed by atoms with Crippen LogP contribution in [0, 0.1) is 5.92 Å². The molecule has 0 aliphatic heterocycles. The number of methoxy groups -OCH3 is 1. The van der Waals surface area contributed by atoms with Gasteiger partial charge in [-0.1, -0.05) is 13.8 Å². The highest BCUT2D eigenvalue weighted by atomic mass is 79.9. The molecule has 0 aromatic carbocycles. The van der Waals surface area contributed by atoms with Crippen LogP contribution in [0.25, 0.3) is 0 Å². The first-order valence-corrected chi connectivity index (χ1v) is 5.60. The molecular formula is C10H15BrN2O2. The minimum atomic E-state index is -0.146. The van der Waals surface area contributed by atoms with E-state index < -0.39 is 0 Å². The second-order valence-electron chi connectivity index (χ2n) is 3.80. The first-order valence-electron chi connectivity index (χ1n) is 4.81. The van der Waals surface area contributed by atoms with Crippen LogP contribution in [-0.4, -0.2) is 17.1 Å². The van der Waals surface area contributed by atoms with Gasteiger partial charge in [0.05, 0.1) is 5.69 Å². The molecule has 4 nitrogen and oxygen atoms in total. The number of hydrogen-bond acceptors (Lipinski definition) is 3. The summed E-state index contributed by atoms with van der Waals surface area (Å²) in [5.41, 5.74) is 0.647. The lowest BCUT2D eigenvalue weighted by Crippen LogP contribution is -2.17. The maximum atomic E-state index is 11.5. The maximum absolute atomic E-state index is 11.5. The smallest absolute Gasteiger partial charge is 0.265 e. The van der Waals surface area contributed by atoms with Gasteiger partial charge in [0, 0.05) is 7.11 Å². The van der Waals surface area contributed by atoms with Crippen LogP contribution in [0.4, 0.5) is 0 Å². The summed E-state index contributed by atoms with van der Waals surface area (Å²) in [4.78, 5) is 18.5. The van der Waals surface area contributed by atoms with E-state index in [4.69, 9.17) is 4.74 Å². The van der Waals surface area contributed by atoms with Gasteiger partial charge < -0.3 is 9.72 Å². The van der Waals surface area contributed by atoms with Crippen molar-refractivity contribution in [3.63, 3.8) is 0 Å². The fourth-order valence-electron chi connectivity index (χ4n) is 1.28. The predicted molar refractivity (Wildman–Crippen MR) is 61.8 cm³/mol. The number of ether oxygens (including phenoxy) is 1. The molecule has 0 aliphatic rings. The topological polar surface area (TPSA) is 55.0 Å². The van der Waals surface area contributed by atoms with Gasteiger partial charge in [-0.15, -0.1) is 0 Å². The van der Waals surface area contributed by atoms with Gasteiger partial charge in [0.25, 0.3) is 5.56 Å². The number of rotatable bonds is 4. The van der Waals surface area contributed by atoms with E-state index in [1.165, 1.54) is 0 Å². The lowest BCUT2D eigenvalue weighted by molar-refractivity contribution is 0.177. The van der Waals surface area contributed by atoms with Crippen LogP contribution in [0.15, 0.2) is 9.27 Å². The summed E-state index contributed by atoms with van der Waals surface area (Å²) in [6.07, 6.45) is 0.779. The monoisotopic (exact) mass is 274 g/mol. The van der Waals surface area contributed by atoms with Crippen molar-refractivity contribution in [3.8, 4) is 0 Å². The van der Waals surface area contributed by atoms with Crippen LogP contribution in [0.3, 0.4) is 0 Å². The molecule has 1 aromatic rings. The summed E-state index contributed by atoms with van der Waals surface area (Å²) < 4.78 is 5.46. The van der Waals surface area contributed by atoms with Crippen molar-refractivity contribution in [2.75, 3.05) is 7.11 Å². The molecule has 0 aliphatic carbocycles. The van der Waals surface area contributed by atoms with Gasteiger partial charge in [0.1, 0.15) is 16.9 Å². The Labute approximate surface area is 97.2 Å². The standard InChI is InChI=1S/C10H15BrN2O2/c1-6(2)4-7-9(11)10(14)13-8(12-7)5-15-3/h6H,4-5H2,1-3H3,(H,12,13,14). The van der Waals surface area contributed by atoms with Crippen molar-refractivity contribution in [2.24, 2.45) is 5.92 Å². The van der Waals surface area contributed by atoms with Crippen molar-refractivity contribution in [1.82, 2.24) is 9.97 Å². The molecule has 0 fully saturated rings. The van der Waals surface area contributed by atoms with Crippen LogP contribution in [0.5, 0.6) is 0 Å². The normalized spacial score (nSPS) is 11.0. The highest BCUT2D eigenvalue weighted by Gasteiger charge is 2.10. The Morgan fingerprint density at radius 3 is 2.73 bits per heavy atom. The van der Waals surface area contributed by atoms with Gasteiger partial charge in [0.2, 0.25) is 0 Å². The first kappa shape index (κ1) is 12.4. The number of aromatic nitrogens is 2. The number of H-pyrrole nitrogens is 1. The number of nitrogens with zero attached hydrogens (tertiary/aromatic N) is 1. The summed E-state index contributed by atoms with van der Waals surface area (Å²) >= 11 is 3.25. The van der Waals surface area contributed by atoms with E-state index in [0.717, 1.165) is 12.1 Å². The van der Waals surface area contributed by atoms with E-state index in [-0.39, 0.29) is 5.56 Å². The summed E-state index contributed by atoms with van der Waals surface area (Å²) in [5.74, 6) is 1.03. The average Bonchev–Trinajstić information content (AvgIpc) is 2.13. The second kappa shape index (κ2) is 5.42. The molecule has 0 unspecified atom stereocenters. The molecule has 0 amide bonds. The molecule has 1 rings (SSSR count). The summed E-state index contributed by atoms with van der Waals surface area (Å²) in [6.45, 7) is 4.50. The Kier molecular flexibility index (Phi) is 4.47. The van der Waals surface area contributed by atoms with Crippen molar-refractivity contribution >= 4 is 15.9 Å². The zero-order valence-electron chi connectivity index (χ0n) is 9.13. The highest BCUT2D eigenvalue weighted by Crippen LogP contribution is 2.13. The fourth-order valence-corrected chi connectivity index (χ4v) is 1.63. The van der Waals surface area contributed by atoms with Gasteiger partial charge in [-0.2, -0.15) is 0 Å². The zero-order chi connectivity index (χ0) is 11.4. The van der Waals surface area contributed by atoms with Gasteiger partial charge in [-0.25, -0.2) is 4.98 Å². The number of nitrogens with one attached hydrogen (secondary N) is 1. The molecular weight excluding hydrogens is 260 g/mol. The molecule has 1 aromatic heterocycles. The zero-order valence-corrected chi connectivity index (χ0v) is 10.7. The molecule has 1 heterocycles. The SMILES string of the molecule is COCc1nc(CC(C)C)c(Br)c(=O)[nH]1. The molecule has 84 valence electrons. The van der Waals surface area contributed by atoms with E-state index in [0.29, 0.717) is 22.8 Å². The van der Waals surface area contributed by atoms with Crippen LogP contribution in [0.2, 0.25) is 0 Å². The number of hydrogen-bond donors (Lipinski definition) is 1. The van der Waals surface area contributed by atoms with Crippen LogP contribution in [0.1, 0.15) is 25.4 Å². The Bertz CT molecular complexity index is 387. The van der Waals surface area contributed by atoms with E-state index in [2.05, 4.69) is 39.7 Å². The lowest BCUT2D eigenvalue weighted by Gasteiger charge is -2.08. The van der Waals surface area contributed by atoms with Crippen molar-refractivity contribution < 1.29 is 4.74 Å². The largest absolute Gasteiger partial charge is 0.377 e. The molecule has 0 saturated heterocycles. The third-order valence-corrected chi connectivity index (χ3v) is 2.68. The summed E-state index contributed by atoms with van der Waals surface area (Å²) in [5, 5.41) is 0. The molecule has 0 atom stereocenters. The molecule has 15 heavy (non-hydrogen) atoms. The van der Waals surface area contributed by atoms with Crippen LogP contribution >= 0.6 is 15.9 Å². The molecule has 0 saturated carbocycles. The van der Waals surface area contributed by atoms with Gasteiger partial charge in [0.15, 0.2) is 0 Å². The third kappa shape index (κ3) is 3.43. The Morgan fingerprint density at radius 2 is 2.20 bits per heavy atom. The van der Waals surface area contributed by atoms with E-state index in [9.17, 15) is 4.79 Å². The molecule has 5 heteroatoms. The highest BCUT2D eigenvalue weighted by molar-refractivity contribution is 9.10. The Balaban J connectivity index is 3.07. The second-order valence-corrected chi connectivity index (χ2v) is 4.60. The minimum absolute atomic E-state index is 0.146. The molecule has 0 spiro atoms. The van der Waals surface area contributed by atoms with E-state index in [1.54, 1.807) is 7.11 Å². The van der Waals surface area contributed by atoms with Crippen molar-refractivity contribution in [3.05, 3.63) is 26.3 Å². The quantitative estimate of drug-likeness (QED) is 0.912. The van der Waals surface area contributed by atoms with Crippen LogP contribution < -0.4 is 5.56 Å². The van der Waals surface area contributed by atoms with E-state index in [1.807, 2.05) is 0 Å². The van der Waals surface area contributed by atoms with E-state index >= 15 is 0 Å². The first-order chi connectivity index (χ1) is 7.04. The maximum Gasteiger partial charge on any atom is 0.265 e. The summed E-state index contributed by atoms with van der Waals surface area (Å²) in [7, 11) is 1.57. The van der Waals surface area contributed by atoms with Gasteiger partial charge in [-0.3, -0.25) is 4.79 Å². The molecule has 1 N–H and O–H groups in total. The molecule has 0 radical (unpaired) electrons. The molecule has 0 bridgehead atoms. The predicted octanol–water partition coefficient (Wildman–Crippen LogP) is 1.88. The van der Waals surface area contributed by atoms with Gasteiger partial charge >= 0.3 is 0 Å². The number of aromatic amines is 1.